The Bertz CT molecular complexity index is 2900. The molecular formula is C54H37N. The minimum Gasteiger partial charge on any atom is -0.310 e. The van der Waals surface area contributed by atoms with E-state index in [9.17, 15) is 0 Å². The van der Waals surface area contributed by atoms with Gasteiger partial charge in [-0.25, -0.2) is 0 Å². The summed E-state index contributed by atoms with van der Waals surface area (Å²) >= 11 is 0. The first-order valence-corrected chi connectivity index (χ1v) is 18.9. The van der Waals surface area contributed by atoms with Gasteiger partial charge in [0.05, 0.1) is 0 Å². The minimum atomic E-state index is 1.11. The Labute approximate surface area is 322 Å². The van der Waals surface area contributed by atoms with Gasteiger partial charge in [0, 0.05) is 17.1 Å². The molecule has 0 saturated carbocycles. The number of hydrogen-bond donors (Lipinski definition) is 0. The molecule has 10 rings (SSSR count). The van der Waals surface area contributed by atoms with Gasteiger partial charge in [-0.3, -0.25) is 0 Å². The molecule has 1 heteroatoms. The van der Waals surface area contributed by atoms with Gasteiger partial charge in [0.2, 0.25) is 0 Å². The normalized spacial score (nSPS) is 11.3. The highest BCUT2D eigenvalue weighted by Gasteiger charge is 2.16. The maximum atomic E-state index is 2.35. The van der Waals surface area contributed by atoms with Crippen LogP contribution in [0.2, 0.25) is 0 Å². The fourth-order valence-corrected chi connectivity index (χ4v) is 8.20. The van der Waals surface area contributed by atoms with E-state index < -0.39 is 0 Å². The SMILES string of the molecule is c1ccc(-c2ccc(-c3ccc(N(c4ccccc4)c4cccc(-c5cccc(-c6cccc7c8ccccc8c8ccccc8c67)c5)c4)cc3)cc2)cc1. The third-order valence-electron chi connectivity index (χ3n) is 10.8. The molecule has 0 amide bonds. The van der Waals surface area contributed by atoms with E-state index in [2.05, 4.69) is 229 Å². The molecule has 258 valence electrons. The Morgan fingerprint density at radius 1 is 0.218 bits per heavy atom. The Morgan fingerprint density at radius 3 is 1.24 bits per heavy atom. The second kappa shape index (κ2) is 14.0. The van der Waals surface area contributed by atoms with E-state index in [-0.39, 0.29) is 0 Å². The van der Waals surface area contributed by atoms with Gasteiger partial charge >= 0.3 is 0 Å². The second-order valence-electron chi connectivity index (χ2n) is 14.1. The molecule has 0 radical (unpaired) electrons. The molecule has 1 nitrogen and oxygen atoms in total. The van der Waals surface area contributed by atoms with Crippen molar-refractivity contribution in [2.45, 2.75) is 0 Å². The summed E-state index contributed by atoms with van der Waals surface area (Å²) in [6.07, 6.45) is 0. The summed E-state index contributed by atoms with van der Waals surface area (Å²) in [6.45, 7) is 0. The van der Waals surface area contributed by atoms with Gasteiger partial charge < -0.3 is 4.90 Å². The van der Waals surface area contributed by atoms with Crippen molar-refractivity contribution in [3.05, 3.63) is 224 Å². The van der Waals surface area contributed by atoms with Crippen LogP contribution >= 0.6 is 0 Å². The van der Waals surface area contributed by atoms with Crippen LogP contribution < -0.4 is 4.90 Å². The highest BCUT2D eigenvalue weighted by molar-refractivity contribution is 6.28. The number of para-hydroxylation sites is 1. The number of hydrogen-bond acceptors (Lipinski definition) is 1. The molecule has 0 aliphatic rings. The zero-order valence-electron chi connectivity index (χ0n) is 30.3. The van der Waals surface area contributed by atoms with Crippen LogP contribution in [0, 0.1) is 0 Å². The average Bonchev–Trinajstić information content (AvgIpc) is 3.27. The van der Waals surface area contributed by atoms with Gasteiger partial charge in [-0.2, -0.15) is 0 Å². The molecule has 0 N–H and O–H groups in total. The molecule has 0 heterocycles. The Morgan fingerprint density at radius 2 is 0.600 bits per heavy atom. The molecule has 0 unspecified atom stereocenters. The van der Waals surface area contributed by atoms with Gasteiger partial charge in [-0.1, -0.05) is 182 Å². The molecule has 0 bridgehead atoms. The van der Waals surface area contributed by atoms with Crippen LogP contribution in [0.1, 0.15) is 0 Å². The van der Waals surface area contributed by atoms with E-state index in [1.807, 2.05) is 0 Å². The van der Waals surface area contributed by atoms with Crippen molar-refractivity contribution in [3.8, 4) is 44.5 Å². The molecule has 10 aromatic carbocycles. The summed E-state index contributed by atoms with van der Waals surface area (Å²) in [5, 5.41) is 7.74. The van der Waals surface area contributed by atoms with Crippen LogP contribution in [0.4, 0.5) is 17.1 Å². The number of anilines is 3. The minimum absolute atomic E-state index is 1.11. The fourth-order valence-electron chi connectivity index (χ4n) is 8.20. The summed E-state index contributed by atoms with van der Waals surface area (Å²) < 4.78 is 0. The highest BCUT2D eigenvalue weighted by Crippen LogP contribution is 2.42. The Balaban J connectivity index is 1.03. The van der Waals surface area contributed by atoms with Crippen molar-refractivity contribution in [1.82, 2.24) is 0 Å². The maximum absolute atomic E-state index is 2.35. The third kappa shape index (κ3) is 6.02. The van der Waals surface area contributed by atoms with Gasteiger partial charge in [-0.05, 0) is 119 Å². The lowest BCUT2D eigenvalue weighted by molar-refractivity contribution is 1.28. The molecule has 10 aromatic rings. The molecule has 0 atom stereocenters. The van der Waals surface area contributed by atoms with Crippen molar-refractivity contribution >= 4 is 49.4 Å². The van der Waals surface area contributed by atoms with Crippen LogP contribution in [-0.4, -0.2) is 0 Å². The Hall–Kier alpha value is -7.22. The fraction of sp³-hybridized carbons (Fsp3) is 0. The molecule has 0 saturated heterocycles. The summed E-state index contributed by atoms with van der Waals surface area (Å²) in [6, 6.07) is 81.3. The van der Waals surface area contributed by atoms with Gasteiger partial charge in [0.1, 0.15) is 0 Å². The van der Waals surface area contributed by atoms with Crippen molar-refractivity contribution < 1.29 is 0 Å². The lowest BCUT2D eigenvalue weighted by atomic mass is 9.89. The zero-order chi connectivity index (χ0) is 36.6. The summed E-state index contributed by atoms with van der Waals surface area (Å²) in [4.78, 5) is 2.34. The predicted octanol–water partition coefficient (Wildman–Crippen LogP) is 15.3. The summed E-state index contributed by atoms with van der Waals surface area (Å²) in [5.41, 5.74) is 13.0. The van der Waals surface area contributed by atoms with E-state index in [1.165, 1.54) is 76.8 Å². The zero-order valence-corrected chi connectivity index (χ0v) is 30.3. The van der Waals surface area contributed by atoms with E-state index in [0.29, 0.717) is 0 Å². The molecule has 0 spiro atoms. The van der Waals surface area contributed by atoms with Crippen molar-refractivity contribution in [2.75, 3.05) is 4.90 Å². The van der Waals surface area contributed by atoms with Crippen LogP contribution in [0.3, 0.4) is 0 Å². The van der Waals surface area contributed by atoms with E-state index in [0.717, 1.165) is 17.1 Å². The predicted molar refractivity (Wildman–Crippen MR) is 235 cm³/mol. The van der Waals surface area contributed by atoms with Crippen LogP contribution in [0.5, 0.6) is 0 Å². The third-order valence-corrected chi connectivity index (χ3v) is 10.8. The van der Waals surface area contributed by atoms with E-state index in [1.54, 1.807) is 0 Å². The first-order valence-electron chi connectivity index (χ1n) is 18.9. The summed E-state index contributed by atoms with van der Waals surface area (Å²) in [5.74, 6) is 0. The number of nitrogens with zero attached hydrogens (tertiary/aromatic N) is 1. The topological polar surface area (TPSA) is 3.24 Å². The highest BCUT2D eigenvalue weighted by atomic mass is 15.1. The first kappa shape index (κ1) is 32.4. The van der Waals surface area contributed by atoms with E-state index >= 15 is 0 Å². The Kier molecular flexibility index (Phi) is 8.24. The molecule has 0 aromatic heterocycles. The van der Waals surface area contributed by atoms with Gasteiger partial charge in [0.25, 0.3) is 0 Å². The number of rotatable bonds is 7. The quantitative estimate of drug-likeness (QED) is 0.150. The number of fused-ring (bicyclic) bond motifs is 6. The molecule has 0 aliphatic heterocycles. The van der Waals surface area contributed by atoms with Crippen LogP contribution in [0.25, 0.3) is 76.8 Å². The van der Waals surface area contributed by atoms with Gasteiger partial charge in [0.15, 0.2) is 0 Å². The average molecular weight is 700 g/mol. The molecular weight excluding hydrogens is 663 g/mol. The second-order valence-corrected chi connectivity index (χ2v) is 14.1. The van der Waals surface area contributed by atoms with Crippen molar-refractivity contribution in [1.29, 1.82) is 0 Å². The number of benzene rings is 10. The maximum Gasteiger partial charge on any atom is 0.0467 e. The largest absolute Gasteiger partial charge is 0.310 e. The standard InChI is InChI=1S/C54H37N/c1-3-14-38(15-4-1)39-28-30-40(31-29-39)41-32-34-46(35-33-41)55(45-19-5-2-6-20-45)47-21-12-17-43(37-47)42-16-11-18-44(36-42)48-26-13-27-53-51-23-8-7-22-49(51)50-24-9-10-25-52(50)54(48)53/h1-37H. The van der Waals surface area contributed by atoms with E-state index in [4.69, 9.17) is 0 Å². The van der Waals surface area contributed by atoms with Crippen LogP contribution in [-0.2, 0) is 0 Å². The first-order chi connectivity index (χ1) is 27.3. The van der Waals surface area contributed by atoms with Crippen LogP contribution in [0.15, 0.2) is 224 Å². The smallest absolute Gasteiger partial charge is 0.0467 e. The van der Waals surface area contributed by atoms with Gasteiger partial charge in [-0.15, -0.1) is 0 Å². The molecule has 0 aliphatic carbocycles. The summed E-state index contributed by atoms with van der Waals surface area (Å²) in [7, 11) is 0. The molecule has 55 heavy (non-hydrogen) atoms. The monoisotopic (exact) mass is 699 g/mol. The molecule has 0 fully saturated rings. The lowest BCUT2D eigenvalue weighted by Crippen LogP contribution is -2.09. The lowest BCUT2D eigenvalue weighted by Gasteiger charge is -2.26. The van der Waals surface area contributed by atoms with Crippen molar-refractivity contribution in [3.63, 3.8) is 0 Å². The van der Waals surface area contributed by atoms with Crippen molar-refractivity contribution in [2.24, 2.45) is 0 Å².